The Morgan fingerprint density at radius 1 is 1.14 bits per heavy atom. The van der Waals surface area contributed by atoms with Crippen LogP contribution in [0.4, 0.5) is 0 Å². The Morgan fingerprint density at radius 2 is 1.93 bits per heavy atom. The van der Waals surface area contributed by atoms with Crippen molar-refractivity contribution in [2.75, 3.05) is 20.2 Å². The fourth-order valence-electron chi connectivity index (χ4n) is 2.99. The van der Waals surface area contributed by atoms with Crippen molar-refractivity contribution in [2.24, 2.45) is 0 Å². The molecule has 1 aliphatic carbocycles. The molecule has 0 aliphatic heterocycles. The van der Waals surface area contributed by atoms with E-state index < -0.39 is 18.0 Å². The van der Waals surface area contributed by atoms with Crippen molar-refractivity contribution >= 4 is 17.8 Å². The maximum atomic E-state index is 12.2. The van der Waals surface area contributed by atoms with Crippen molar-refractivity contribution in [2.45, 2.75) is 45.1 Å². The number of hydrogen-bond donors (Lipinski definition) is 2. The molecule has 28 heavy (non-hydrogen) atoms. The summed E-state index contributed by atoms with van der Waals surface area (Å²) in [6.07, 6.45) is 6.77. The molecule has 1 atom stereocenters. The van der Waals surface area contributed by atoms with Gasteiger partial charge in [-0.25, -0.2) is 0 Å². The number of ether oxygens (including phenoxy) is 2. The van der Waals surface area contributed by atoms with Gasteiger partial charge in [0.25, 0.3) is 11.8 Å². The van der Waals surface area contributed by atoms with Gasteiger partial charge in [-0.05, 0) is 51.2 Å². The predicted octanol–water partition coefficient (Wildman–Crippen LogP) is 2.36. The minimum atomic E-state index is -0.920. The number of benzene rings is 1. The van der Waals surface area contributed by atoms with Gasteiger partial charge in [-0.15, -0.1) is 0 Å². The summed E-state index contributed by atoms with van der Waals surface area (Å²) in [5, 5.41) is 5.25. The average Bonchev–Trinajstić information content (AvgIpc) is 2.72. The Morgan fingerprint density at radius 3 is 2.64 bits per heavy atom. The molecule has 0 fully saturated rings. The number of allylic oxidation sites excluding steroid dienone is 1. The highest BCUT2D eigenvalue weighted by Crippen LogP contribution is 2.19. The number of rotatable bonds is 9. The molecule has 0 radical (unpaired) electrons. The summed E-state index contributed by atoms with van der Waals surface area (Å²) in [7, 11) is 1.46. The van der Waals surface area contributed by atoms with Crippen LogP contribution < -0.4 is 15.4 Å². The third-order valence-electron chi connectivity index (χ3n) is 4.55. The van der Waals surface area contributed by atoms with Gasteiger partial charge in [0.2, 0.25) is 0 Å². The molecule has 0 aromatic heterocycles. The zero-order valence-electron chi connectivity index (χ0n) is 16.5. The summed E-state index contributed by atoms with van der Waals surface area (Å²) >= 11 is 0. The lowest BCUT2D eigenvalue weighted by atomic mass is 9.97. The van der Waals surface area contributed by atoms with E-state index in [-0.39, 0.29) is 12.5 Å². The Labute approximate surface area is 165 Å². The summed E-state index contributed by atoms with van der Waals surface area (Å²) in [6.45, 7) is 1.70. The van der Waals surface area contributed by atoms with E-state index in [1.54, 1.807) is 24.3 Å². The van der Waals surface area contributed by atoms with Crippen molar-refractivity contribution in [1.29, 1.82) is 0 Å². The Balaban J connectivity index is 1.70. The van der Waals surface area contributed by atoms with E-state index in [1.165, 1.54) is 32.4 Å². The first-order chi connectivity index (χ1) is 13.5. The zero-order chi connectivity index (χ0) is 20.4. The Bertz CT molecular complexity index is 729. The van der Waals surface area contributed by atoms with E-state index in [4.69, 9.17) is 9.47 Å². The van der Waals surface area contributed by atoms with E-state index in [2.05, 4.69) is 16.7 Å². The van der Waals surface area contributed by atoms with Gasteiger partial charge in [0.1, 0.15) is 12.3 Å². The molecule has 0 bridgehead atoms. The van der Waals surface area contributed by atoms with E-state index in [9.17, 15) is 14.4 Å². The van der Waals surface area contributed by atoms with Gasteiger partial charge in [-0.1, -0.05) is 23.8 Å². The summed E-state index contributed by atoms with van der Waals surface area (Å²) in [5.41, 5.74) is 1.69. The molecular weight excluding hydrogens is 360 g/mol. The summed E-state index contributed by atoms with van der Waals surface area (Å²) in [5.74, 6) is -1.07. The lowest BCUT2D eigenvalue weighted by Gasteiger charge is -2.16. The van der Waals surface area contributed by atoms with E-state index in [0.29, 0.717) is 17.9 Å². The average molecular weight is 388 g/mol. The van der Waals surface area contributed by atoms with Crippen LogP contribution in [0.5, 0.6) is 5.75 Å². The number of amides is 2. The fraction of sp³-hybridized carbons (Fsp3) is 0.476. The molecule has 2 N–H and O–H groups in total. The van der Waals surface area contributed by atoms with Gasteiger partial charge in [0, 0.05) is 6.54 Å². The number of para-hydroxylation sites is 1. The number of nitrogens with one attached hydrogen (secondary N) is 2. The number of carbonyl (C=O) groups is 3. The molecule has 2 rings (SSSR count). The van der Waals surface area contributed by atoms with Crippen LogP contribution in [0.25, 0.3) is 0 Å². The van der Waals surface area contributed by atoms with Crippen LogP contribution in [0.3, 0.4) is 0 Å². The monoisotopic (exact) mass is 388 g/mol. The third-order valence-corrected chi connectivity index (χ3v) is 4.55. The maximum absolute atomic E-state index is 12.2. The van der Waals surface area contributed by atoms with Crippen molar-refractivity contribution < 1.29 is 23.9 Å². The smallest absolute Gasteiger partial charge is 0.326 e. The van der Waals surface area contributed by atoms with Crippen molar-refractivity contribution in [3.8, 4) is 5.75 Å². The van der Waals surface area contributed by atoms with E-state index in [0.717, 1.165) is 19.3 Å². The second-order valence-corrected chi connectivity index (χ2v) is 6.66. The number of carbonyl (C=O) groups excluding carboxylic acids is 3. The largest absolute Gasteiger partial charge is 0.496 e. The Hall–Kier alpha value is -2.83. The van der Waals surface area contributed by atoms with Crippen LogP contribution in [0, 0.1) is 0 Å². The van der Waals surface area contributed by atoms with Crippen LogP contribution >= 0.6 is 0 Å². The van der Waals surface area contributed by atoms with Crippen molar-refractivity contribution in [3.63, 3.8) is 0 Å². The first kappa shape index (κ1) is 21.5. The predicted molar refractivity (Wildman–Crippen MR) is 105 cm³/mol. The quantitative estimate of drug-likeness (QED) is 0.500. The second-order valence-electron chi connectivity index (χ2n) is 6.66. The minimum Gasteiger partial charge on any atom is -0.496 e. The fourth-order valence-corrected chi connectivity index (χ4v) is 2.99. The van der Waals surface area contributed by atoms with Crippen LogP contribution in [-0.2, 0) is 14.3 Å². The zero-order valence-corrected chi connectivity index (χ0v) is 16.5. The van der Waals surface area contributed by atoms with Crippen LogP contribution in [-0.4, -0.2) is 44.1 Å². The van der Waals surface area contributed by atoms with Crippen molar-refractivity contribution in [1.82, 2.24) is 10.6 Å². The first-order valence-electron chi connectivity index (χ1n) is 9.57. The molecule has 2 amide bonds. The number of hydrogen-bond acceptors (Lipinski definition) is 5. The van der Waals surface area contributed by atoms with E-state index >= 15 is 0 Å². The molecule has 0 saturated heterocycles. The first-order valence-corrected chi connectivity index (χ1v) is 9.57. The normalized spacial score (nSPS) is 14.4. The highest BCUT2D eigenvalue weighted by molar-refractivity contribution is 5.98. The maximum Gasteiger partial charge on any atom is 0.326 e. The molecular formula is C21H28N2O5. The molecule has 0 unspecified atom stereocenters. The molecule has 1 aromatic carbocycles. The third kappa shape index (κ3) is 6.72. The van der Waals surface area contributed by atoms with Crippen LogP contribution in [0.1, 0.15) is 49.4 Å². The summed E-state index contributed by atoms with van der Waals surface area (Å²) < 4.78 is 10.2. The summed E-state index contributed by atoms with van der Waals surface area (Å²) in [6, 6.07) is 6.70. The highest BCUT2D eigenvalue weighted by Gasteiger charge is 2.19. The molecule has 0 saturated carbocycles. The SMILES string of the molecule is COc1ccccc1C(=O)NCC(=O)O[C@@H](C)C(=O)NCCC1=CCCCC1. The van der Waals surface area contributed by atoms with Gasteiger partial charge in [-0.3, -0.25) is 14.4 Å². The minimum absolute atomic E-state index is 0.320. The van der Waals surface area contributed by atoms with Gasteiger partial charge in [-0.2, -0.15) is 0 Å². The lowest BCUT2D eigenvalue weighted by Crippen LogP contribution is -2.39. The van der Waals surface area contributed by atoms with E-state index in [1.807, 2.05) is 0 Å². The second kappa shape index (κ2) is 11.1. The molecule has 152 valence electrons. The topological polar surface area (TPSA) is 93.7 Å². The van der Waals surface area contributed by atoms with Gasteiger partial charge in [0.15, 0.2) is 6.10 Å². The van der Waals surface area contributed by atoms with Gasteiger partial charge in [0.05, 0.1) is 12.7 Å². The highest BCUT2D eigenvalue weighted by atomic mass is 16.5. The van der Waals surface area contributed by atoms with Gasteiger partial charge < -0.3 is 20.1 Å². The number of methoxy groups -OCH3 is 1. The molecule has 7 heteroatoms. The van der Waals surface area contributed by atoms with Crippen LogP contribution in [0.2, 0.25) is 0 Å². The Kier molecular flexibility index (Phi) is 8.52. The molecule has 0 spiro atoms. The molecule has 0 heterocycles. The lowest BCUT2D eigenvalue weighted by molar-refractivity contribution is -0.153. The van der Waals surface area contributed by atoms with Crippen molar-refractivity contribution in [3.05, 3.63) is 41.5 Å². The molecule has 1 aromatic rings. The molecule has 7 nitrogen and oxygen atoms in total. The standard InChI is InChI=1S/C21H28N2O5/c1-15(20(25)22-13-12-16-8-4-3-5-9-16)28-19(24)14-23-21(26)17-10-6-7-11-18(17)27-2/h6-8,10-11,15H,3-5,9,12-14H2,1-2H3,(H,22,25)(H,23,26)/t15-/m0/s1. The number of esters is 1. The van der Waals surface area contributed by atoms with Crippen LogP contribution in [0.15, 0.2) is 35.9 Å². The molecule has 1 aliphatic rings. The van der Waals surface area contributed by atoms with Gasteiger partial charge >= 0.3 is 5.97 Å². The summed E-state index contributed by atoms with van der Waals surface area (Å²) in [4.78, 5) is 36.1.